The maximum atomic E-state index is 11.0. The van der Waals surface area contributed by atoms with Crippen LogP contribution in [0.5, 0.6) is 0 Å². The molecule has 0 amide bonds. The van der Waals surface area contributed by atoms with Crippen LogP contribution in [-0.4, -0.2) is 63.3 Å². The van der Waals surface area contributed by atoms with E-state index in [1.165, 1.54) is 11.0 Å². The average molecular weight is 422 g/mol. The molecule has 12 nitrogen and oxygen atoms in total. The van der Waals surface area contributed by atoms with Crippen molar-refractivity contribution in [1.82, 2.24) is 19.7 Å². The highest BCUT2D eigenvalue weighted by Gasteiger charge is 2.45. The number of hydrogen-bond acceptors (Lipinski definition) is 10. The Balaban J connectivity index is 1.76. The standard InChI is InChI=1S/C16H18N6O6S/c17-14-10-11(8-4-2-1-3-5-8)21-22(15(10)20-7-19-14)16-13(24)12(23)9(28-16)6-27-29(18,25)26/h1-5,7,9,12-13,16,23-24H,6H2,(H2,17,19,20)(H2,18,25,26)/t9-,12-,13-,16-/m1/s1. The van der Waals surface area contributed by atoms with Gasteiger partial charge in [-0.1, -0.05) is 30.3 Å². The molecule has 1 aromatic carbocycles. The third-order valence-corrected chi connectivity index (χ3v) is 5.00. The minimum absolute atomic E-state index is 0.183. The molecule has 0 unspecified atom stereocenters. The van der Waals surface area contributed by atoms with Gasteiger partial charge < -0.3 is 20.7 Å². The quantitative estimate of drug-likeness (QED) is 0.393. The molecule has 1 fully saturated rings. The zero-order chi connectivity index (χ0) is 20.8. The van der Waals surface area contributed by atoms with Gasteiger partial charge in [-0.3, -0.25) is 4.18 Å². The number of rotatable bonds is 5. The van der Waals surface area contributed by atoms with E-state index in [0.717, 1.165) is 5.56 Å². The number of fused-ring (bicyclic) bond motifs is 1. The molecule has 0 radical (unpaired) electrons. The fraction of sp³-hybridized carbons (Fsp3) is 0.312. The van der Waals surface area contributed by atoms with Gasteiger partial charge in [0.25, 0.3) is 0 Å². The molecule has 0 spiro atoms. The number of nitrogen functional groups attached to an aromatic ring is 1. The maximum Gasteiger partial charge on any atom is 0.333 e. The number of hydrogen-bond donors (Lipinski definition) is 4. The smallest absolute Gasteiger partial charge is 0.333 e. The molecule has 0 bridgehead atoms. The van der Waals surface area contributed by atoms with Gasteiger partial charge in [0.2, 0.25) is 0 Å². The first-order valence-electron chi connectivity index (χ1n) is 8.49. The minimum Gasteiger partial charge on any atom is -0.387 e. The summed E-state index contributed by atoms with van der Waals surface area (Å²) < 4.78 is 33.4. The fourth-order valence-corrected chi connectivity index (χ4v) is 3.53. The summed E-state index contributed by atoms with van der Waals surface area (Å²) in [5.41, 5.74) is 7.51. The number of nitrogens with zero attached hydrogens (tertiary/aromatic N) is 4. The molecule has 3 heterocycles. The van der Waals surface area contributed by atoms with Crippen molar-refractivity contribution in [2.24, 2.45) is 5.14 Å². The summed E-state index contributed by atoms with van der Waals surface area (Å²) in [4.78, 5) is 8.19. The van der Waals surface area contributed by atoms with Gasteiger partial charge in [0.05, 0.1) is 12.0 Å². The Morgan fingerprint density at radius 3 is 2.59 bits per heavy atom. The van der Waals surface area contributed by atoms with Crippen molar-refractivity contribution in [3.8, 4) is 11.3 Å². The lowest BCUT2D eigenvalue weighted by Gasteiger charge is -2.15. The lowest BCUT2D eigenvalue weighted by Crippen LogP contribution is -2.35. The summed E-state index contributed by atoms with van der Waals surface area (Å²) in [6, 6.07) is 9.14. The molecular formula is C16H18N6O6S. The van der Waals surface area contributed by atoms with Crippen molar-refractivity contribution in [2.75, 3.05) is 12.3 Å². The first-order chi connectivity index (χ1) is 13.8. The molecule has 29 heavy (non-hydrogen) atoms. The number of aromatic nitrogens is 4. The summed E-state index contributed by atoms with van der Waals surface area (Å²) >= 11 is 0. The summed E-state index contributed by atoms with van der Waals surface area (Å²) in [5, 5.41) is 30.5. The lowest BCUT2D eigenvalue weighted by molar-refractivity contribution is -0.0525. The highest BCUT2D eigenvalue weighted by molar-refractivity contribution is 7.84. The van der Waals surface area contributed by atoms with Crippen molar-refractivity contribution >= 4 is 27.2 Å². The number of aliphatic hydroxyl groups excluding tert-OH is 2. The van der Waals surface area contributed by atoms with Crippen LogP contribution in [0, 0.1) is 0 Å². The number of anilines is 1. The van der Waals surface area contributed by atoms with Crippen LogP contribution in [0.3, 0.4) is 0 Å². The Morgan fingerprint density at radius 2 is 1.90 bits per heavy atom. The van der Waals surface area contributed by atoms with E-state index in [1.807, 2.05) is 30.3 Å². The molecule has 6 N–H and O–H groups in total. The summed E-state index contributed by atoms with van der Waals surface area (Å²) in [6.07, 6.45) is -3.98. The van der Waals surface area contributed by atoms with E-state index in [4.69, 9.17) is 15.6 Å². The molecule has 1 aliphatic rings. The van der Waals surface area contributed by atoms with Crippen LogP contribution in [0.25, 0.3) is 22.3 Å². The summed E-state index contributed by atoms with van der Waals surface area (Å²) in [5.74, 6) is 0.183. The number of benzene rings is 1. The molecule has 4 atom stereocenters. The van der Waals surface area contributed by atoms with Crippen molar-refractivity contribution in [2.45, 2.75) is 24.5 Å². The molecule has 1 saturated heterocycles. The van der Waals surface area contributed by atoms with E-state index >= 15 is 0 Å². The van der Waals surface area contributed by atoms with Crippen molar-refractivity contribution in [1.29, 1.82) is 0 Å². The minimum atomic E-state index is -4.24. The summed E-state index contributed by atoms with van der Waals surface area (Å²) in [6.45, 7) is -0.574. The van der Waals surface area contributed by atoms with Crippen LogP contribution in [0.1, 0.15) is 6.23 Å². The molecule has 13 heteroatoms. The Kier molecular flexibility index (Phi) is 4.94. The lowest BCUT2D eigenvalue weighted by atomic mass is 10.1. The Labute approximate surface area is 165 Å². The van der Waals surface area contributed by atoms with Gasteiger partial charge in [-0.15, -0.1) is 0 Å². The van der Waals surface area contributed by atoms with Crippen LogP contribution in [0.2, 0.25) is 0 Å². The molecular weight excluding hydrogens is 404 g/mol. The fourth-order valence-electron chi connectivity index (χ4n) is 3.20. The van der Waals surface area contributed by atoms with Gasteiger partial charge in [0, 0.05) is 5.56 Å². The van der Waals surface area contributed by atoms with Gasteiger partial charge in [-0.25, -0.2) is 19.8 Å². The zero-order valence-electron chi connectivity index (χ0n) is 14.9. The van der Waals surface area contributed by atoms with Gasteiger partial charge in [0.15, 0.2) is 11.9 Å². The van der Waals surface area contributed by atoms with Crippen LogP contribution in [-0.2, 0) is 19.2 Å². The molecule has 2 aromatic heterocycles. The zero-order valence-corrected chi connectivity index (χ0v) is 15.7. The van der Waals surface area contributed by atoms with E-state index in [2.05, 4.69) is 19.2 Å². The van der Waals surface area contributed by atoms with E-state index < -0.39 is 41.5 Å². The average Bonchev–Trinajstić information content (AvgIpc) is 3.20. The van der Waals surface area contributed by atoms with Gasteiger partial charge in [-0.05, 0) is 0 Å². The Bertz CT molecular complexity index is 1140. The molecule has 3 aromatic rings. The molecule has 0 saturated carbocycles. The third kappa shape index (κ3) is 3.66. The van der Waals surface area contributed by atoms with Crippen molar-refractivity contribution in [3.05, 3.63) is 36.7 Å². The van der Waals surface area contributed by atoms with E-state index in [-0.39, 0.29) is 11.5 Å². The van der Waals surface area contributed by atoms with Crippen molar-refractivity contribution in [3.63, 3.8) is 0 Å². The summed E-state index contributed by atoms with van der Waals surface area (Å²) in [7, 11) is -4.24. The topological polar surface area (TPSA) is 189 Å². The van der Waals surface area contributed by atoms with Crippen LogP contribution < -0.4 is 10.9 Å². The molecule has 154 valence electrons. The van der Waals surface area contributed by atoms with Crippen LogP contribution in [0.15, 0.2) is 36.7 Å². The van der Waals surface area contributed by atoms with Gasteiger partial charge >= 0.3 is 10.3 Å². The second-order valence-electron chi connectivity index (χ2n) is 6.44. The molecule has 0 aliphatic carbocycles. The van der Waals surface area contributed by atoms with E-state index in [9.17, 15) is 18.6 Å². The maximum absolute atomic E-state index is 11.0. The Hall–Kier alpha value is -2.68. The Morgan fingerprint density at radius 1 is 1.17 bits per heavy atom. The predicted octanol–water partition coefficient (Wildman–Crippen LogP) is -1.09. The first kappa shape index (κ1) is 19.6. The monoisotopic (exact) mass is 422 g/mol. The van der Waals surface area contributed by atoms with Crippen LogP contribution >= 0.6 is 0 Å². The van der Waals surface area contributed by atoms with Crippen LogP contribution in [0.4, 0.5) is 5.82 Å². The second kappa shape index (κ2) is 7.29. The number of nitrogens with two attached hydrogens (primary N) is 2. The molecule has 1 aliphatic heterocycles. The van der Waals surface area contributed by atoms with Gasteiger partial charge in [-0.2, -0.15) is 13.5 Å². The normalized spacial score (nSPS) is 24.9. The second-order valence-corrected chi connectivity index (χ2v) is 7.66. The van der Waals surface area contributed by atoms with Crippen molar-refractivity contribution < 1.29 is 27.6 Å². The highest BCUT2D eigenvalue weighted by Crippen LogP contribution is 2.36. The SMILES string of the molecule is Nc1ncnc2c1c(-c1ccccc1)nn2[C@@H]1O[C@H](COS(N)(=O)=O)[C@@H](O)[C@H]1O. The van der Waals surface area contributed by atoms with E-state index in [1.54, 1.807) is 0 Å². The van der Waals surface area contributed by atoms with E-state index in [0.29, 0.717) is 11.1 Å². The number of aliphatic hydroxyl groups is 2. The predicted molar refractivity (Wildman–Crippen MR) is 100 cm³/mol. The largest absolute Gasteiger partial charge is 0.387 e. The van der Waals surface area contributed by atoms with Gasteiger partial charge in [0.1, 0.15) is 36.2 Å². The number of ether oxygens (including phenoxy) is 1. The highest BCUT2D eigenvalue weighted by atomic mass is 32.2. The first-order valence-corrected chi connectivity index (χ1v) is 9.96. The third-order valence-electron chi connectivity index (χ3n) is 4.54. The molecule has 4 rings (SSSR count).